The third-order valence-electron chi connectivity index (χ3n) is 4.64. The Bertz CT molecular complexity index is 959. The zero-order valence-corrected chi connectivity index (χ0v) is 17.0. The summed E-state index contributed by atoms with van der Waals surface area (Å²) < 4.78 is 44.6. The van der Waals surface area contributed by atoms with Gasteiger partial charge in [0.1, 0.15) is 22.1 Å². The van der Waals surface area contributed by atoms with Gasteiger partial charge in [-0.15, -0.1) is 0 Å². The Hall–Kier alpha value is -2.12. The minimum atomic E-state index is -3.91. The van der Waals surface area contributed by atoms with Gasteiger partial charge in [-0.3, -0.25) is 4.72 Å². The molecule has 8 heteroatoms. The maximum Gasteiger partial charge on any atom is 0.265 e. The van der Waals surface area contributed by atoms with E-state index in [4.69, 9.17) is 25.8 Å². The average Bonchev–Trinajstić information content (AvgIpc) is 2.67. The highest BCUT2D eigenvalue weighted by Crippen LogP contribution is 2.38. The molecule has 0 aliphatic heterocycles. The van der Waals surface area contributed by atoms with E-state index in [9.17, 15) is 8.42 Å². The van der Waals surface area contributed by atoms with Crippen LogP contribution in [0.4, 0.5) is 5.69 Å². The molecule has 0 bridgehead atoms. The van der Waals surface area contributed by atoms with Gasteiger partial charge in [-0.05, 0) is 48.9 Å². The van der Waals surface area contributed by atoms with E-state index in [2.05, 4.69) is 4.72 Å². The molecule has 0 spiro atoms. The van der Waals surface area contributed by atoms with Crippen molar-refractivity contribution in [2.24, 2.45) is 0 Å². The van der Waals surface area contributed by atoms with Crippen LogP contribution >= 0.6 is 11.6 Å². The van der Waals surface area contributed by atoms with Crippen molar-refractivity contribution in [1.82, 2.24) is 0 Å². The van der Waals surface area contributed by atoms with Crippen LogP contribution in [0.1, 0.15) is 24.0 Å². The molecule has 0 heterocycles. The first-order chi connectivity index (χ1) is 12.9. The van der Waals surface area contributed by atoms with Gasteiger partial charge in [-0.2, -0.15) is 0 Å². The number of nitrogens with one attached hydrogen (secondary N) is 1. The average molecular weight is 412 g/mol. The lowest BCUT2D eigenvalue weighted by Gasteiger charge is -2.20. The van der Waals surface area contributed by atoms with E-state index in [0.717, 1.165) is 36.8 Å². The van der Waals surface area contributed by atoms with Crippen LogP contribution in [0.15, 0.2) is 29.2 Å². The molecular weight excluding hydrogens is 390 g/mol. The maximum absolute atomic E-state index is 13.1. The third-order valence-corrected chi connectivity index (χ3v) is 6.32. The molecule has 0 saturated carbocycles. The van der Waals surface area contributed by atoms with Crippen molar-refractivity contribution in [3.8, 4) is 17.2 Å². The van der Waals surface area contributed by atoms with Crippen LogP contribution in [-0.4, -0.2) is 29.7 Å². The molecular formula is C19H22ClNO5S. The normalized spacial score (nSPS) is 13.6. The molecule has 1 N–H and O–H groups in total. The van der Waals surface area contributed by atoms with Crippen LogP contribution in [-0.2, 0) is 22.9 Å². The summed E-state index contributed by atoms with van der Waals surface area (Å²) in [6, 6.07) is 6.52. The van der Waals surface area contributed by atoms with Crippen LogP contribution in [0.2, 0.25) is 5.02 Å². The molecule has 2 aromatic rings. The standard InChI is InChI=1S/C19H22ClNO5S/c1-24-16-11-15(17(25-2)10-14(16)20)21-27(22,23)19-9-13-7-5-4-6-12(13)8-18(19)26-3/h8-11,21H,4-7H2,1-3H3. The van der Waals surface area contributed by atoms with Gasteiger partial charge in [0.15, 0.2) is 0 Å². The lowest BCUT2D eigenvalue weighted by molar-refractivity contribution is 0.401. The molecule has 0 radical (unpaired) electrons. The van der Waals surface area contributed by atoms with Gasteiger partial charge in [-0.1, -0.05) is 11.6 Å². The van der Waals surface area contributed by atoms with Crippen molar-refractivity contribution in [3.05, 3.63) is 40.4 Å². The molecule has 146 valence electrons. The molecule has 0 atom stereocenters. The van der Waals surface area contributed by atoms with Crippen molar-refractivity contribution < 1.29 is 22.6 Å². The molecule has 27 heavy (non-hydrogen) atoms. The molecule has 3 rings (SSSR count). The van der Waals surface area contributed by atoms with Crippen molar-refractivity contribution in [2.45, 2.75) is 30.6 Å². The van der Waals surface area contributed by atoms with Gasteiger partial charge in [0, 0.05) is 12.1 Å². The first kappa shape index (κ1) is 19.6. The maximum atomic E-state index is 13.1. The number of ether oxygens (including phenoxy) is 3. The topological polar surface area (TPSA) is 73.9 Å². The fourth-order valence-electron chi connectivity index (χ4n) is 3.25. The summed E-state index contributed by atoms with van der Waals surface area (Å²) in [5.41, 5.74) is 2.42. The Balaban J connectivity index is 2.05. The summed E-state index contributed by atoms with van der Waals surface area (Å²) in [4.78, 5) is 0.0987. The lowest BCUT2D eigenvalue weighted by atomic mass is 9.92. The Kier molecular flexibility index (Phi) is 5.72. The molecule has 1 aliphatic rings. The second-order valence-corrected chi connectivity index (χ2v) is 8.33. The van der Waals surface area contributed by atoms with E-state index >= 15 is 0 Å². The fraction of sp³-hybridized carbons (Fsp3) is 0.368. The number of aryl methyl sites for hydroxylation is 2. The Morgan fingerprint density at radius 3 is 2.04 bits per heavy atom. The van der Waals surface area contributed by atoms with Crippen molar-refractivity contribution in [3.63, 3.8) is 0 Å². The van der Waals surface area contributed by atoms with Crippen LogP contribution in [0.3, 0.4) is 0 Å². The molecule has 1 aliphatic carbocycles. The summed E-state index contributed by atoms with van der Waals surface area (Å²) in [7, 11) is 0.451. The largest absolute Gasteiger partial charge is 0.495 e. The predicted molar refractivity (Wildman–Crippen MR) is 105 cm³/mol. The fourth-order valence-corrected chi connectivity index (χ4v) is 4.74. The number of benzene rings is 2. The van der Waals surface area contributed by atoms with E-state index in [1.165, 1.54) is 33.5 Å². The predicted octanol–water partition coefficient (Wildman–Crippen LogP) is 4.05. The van der Waals surface area contributed by atoms with E-state index in [1.807, 2.05) is 6.07 Å². The van der Waals surface area contributed by atoms with Crippen LogP contribution < -0.4 is 18.9 Å². The van der Waals surface area contributed by atoms with E-state index in [1.54, 1.807) is 6.07 Å². The zero-order chi connectivity index (χ0) is 19.6. The summed E-state index contributed by atoms with van der Waals surface area (Å²) in [6.07, 6.45) is 3.94. The minimum absolute atomic E-state index is 0.0987. The van der Waals surface area contributed by atoms with Crippen LogP contribution in [0.25, 0.3) is 0 Å². The van der Waals surface area contributed by atoms with Gasteiger partial charge < -0.3 is 14.2 Å². The van der Waals surface area contributed by atoms with Gasteiger partial charge in [0.25, 0.3) is 10.0 Å². The number of anilines is 1. The zero-order valence-electron chi connectivity index (χ0n) is 15.5. The smallest absolute Gasteiger partial charge is 0.265 e. The van der Waals surface area contributed by atoms with Crippen molar-refractivity contribution in [2.75, 3.05) is 26.1 Å². The molecule has 0 unspecified atom stereocenters. The van der Waals surface area contributed by atoms with Crippen molar-refractivity contribution in [1.29, 1.82) is 0 Å². The third kappa shape index (κ3) is 3.94. The van der Waals surface area contributed by atoms with Gasteiger partial charge in [0.2, 0.25) is 0 Å². The first-order valence-corrected chi connectivity index (χ1v) is 10.4. The molecule has 0 saturated heterocycles. The number of sulfonamides is 1. The highest BCUT2D eigenvalue weighted by Gasteiger charge is 2.25. The minimum Gasteiger partial charge on any atom is -0.495 e. The molecule has 0 amide bonds. The van der Waals surface area contributed by atoms with E-state index in [-0.39, 0.29) is 10.6 Å². The highest BCUT2D eigenvalue weighted by atomic mass is 35.5. The molecule has 0 fully saturated rings. The summed E-state index contributed by atoms with van der Waals surface area (Å²) >= 11 is 6.09. The Labute approximate surface area is 164 Å². The number of rotatable bonds is 6. The number of hydrogen-bond acceptors (Lipinski definition) is 5. The van der Waals surface area contributed by atoms with Crippen LogP contribution in [0.5, 0.6) is 17.2 Å². The lowest BCUT2D eigenvalue weighted by Crippen LogP contribution is -2.16. The van der Waals surface area contributed by atoms with E-state index < -0.39 is 10.0 Å². The number of hydrogen-bond donors (Lipinski definition) is 1. The second-order valence-electron chi connectivity index (χ2n) is 6.27. The SMILES string of the molecule is COc1cc(NS(=O)(=O)c2cc3c(cc2OC)CCCC3)c(OC)cc1Cl. The summed E-state index contributed by atoms with van der Waals surface area (Å²) in [6.45, 7) is 0. The first-order valence-electron chi connectivity index (χ1n) is 8.53. The second kappa shape index (κ2) is 7.86. The number of methoxy groups -OCH3 is 3. The van der Waals surface area contributed by atoms with E-state index in [0.29, 0.717) is 22.3 Å². The quantitative estimate of drug-likeness (QED) is 0.776. The number of halogens is 1. The Morgan fingerprint density at radius 1 is 0.852 bits per heavy atom. The molecule has 6 nitrogen and oxygen atoms in total. The summed E-state index contributed by atoms with van der Waals surface area (Å²) in [5, 5.41) is 0.323. The molecule has 2 aromatic carbocycles. The van der Waals surface area contributed by atoms with Gasteiger partial charge in [0.05, 0.1) is 32.0 Å². The van der Waals surface area contributed by atoms with Crippen LogP contribution in [0, 0.1) is 0 Å². The van der Waals surface area contributed by atoms with Gasteiger partial charge >= 0.3 is 0 Å². The number of fused-ring (bicyclic) bond motifs is 1. The monoisotopic (exact) mass is 411 g/mol. The summed E-state index contributed by atoms with van der Waals surface area (Å²) in [5.74, 6) is 0.955. The Morgan fingerprint density at radius 2 is 1.44 bits per heavy atom. The van der Waals surface area contributed by atoms with Crippen molar-refractivity contribution >= 4 is 27.3 Å². The van der Waals surface area contributed by atoms with Gasteiger partial charge in [-0.25, -0.2) is 8.42 Å². The molecule has 0 aromatic heterocycles. The highest BCUT2D eigenvalue weighted by molar-refractivity contribution is 7.92.